The molecule has 0 unspecified atom stereocenters. The topological polar surface area (TPSA) is 71.3 Å². The fourth-order valence-electron chi connectivity index (χ4n) is 2.33. The number of aromatic nitrogens is 1. The van der Waals surface area contributed by atoms with Gasteiger partial charge in [-0.2, -0.15) is 0 Å². The van der Waals surface area contributed by atoms with Crippen molar-refractivity contribution in [3.63, 3.8) is 0 Å². The van der Waals surface area contributed by atoms with E-state index >= 15 is 0 Å². The fourth-order valence-corrected chi connectivity index (χ4v) is 3.80. The molecule has 5 nitrogen and oxygen atoms in total. The zero-order chi connectivity index (χ0) is 16.6. The van der Waals surface area contributed by atoms with Crippen molar-refractivity contribution < 1.29 is 14.7 Å². The molecular formula is C16H13ClN2O3S. The lowest BCUT2D eigenvalue weighted by Crippen LogP contribution is -2.12. The molecule has 0 saturated heterocycles. The van der Waals surface area contributed by atoms with Gasteiger partial charge < -0.3 is 15.0 Å². The lowest BCUT2D eigenvalue weighted by Gasteiger charge is -2.02. The number of fused-ring (bicyclic) bond motifs is 1. The number of nitrogens with one attached hydrogen (secondary N) is 1. The lowest BCUT2D eigenvalue weighted by molar-refractivity contribution is 0.0686. The molecule has 0 bridgehead atoms. The molecule has 0 aliphatic carbocycles. The van der Waals surface area contributed by atoms with Gasteiger partial charge in [-0.25, -0.2) is 4.79 Å². The number of anilines is 1. The molecule has 2 aromatic heterocycles. The molecule has 2 N–H and O–H groups in total. The minimum Gasteiger partial charge on any atom is -0.477 e. The first-order valence-electron chi connectivity index (χ1n) is 6.81. The average molecular weight is 349 g/mol. The Morgan fingerprint density at radius 1 is 1.35 bits per heavy atom. The van der Waals surface area contributed by atoms with Gasteiger partial charge in [-0.15, -0.1) is 11.3 Å². The van der Waals surface area contributed by atoms with Crippen molar-refractivity contribution in [2.24, 2.45) is 7.05 Å². The molecule has 3 aromatic rings. The number of carbonyl (C=O) groups is 2. The van der Waals surface area contributed by atoms with Crippen molar-refractivity contribution in [3.8, 4) is 0 Å². The minimum absolute atomic E-state index is 0.0512. The Labute approximate surface area is 141 Å². The van der Waals surface area contributed by atoms with Crippen LogP contribution in [0.2, 0.25) is 5.02 Å². The van der Waals surface area contributed by atoms with E-state index in [-0.39, 0.29) is 18.0 Å². The number of aromatic carboxylic acids is 1. The van der Waals surface area contributed by atoms with Crippen LogP contribution in [0, 0.1) is 0 Å². The summed E-state index contributed by atoms with van der Waals surface area (Å²) in [5.41, 5.74) is 0.732. The number of carboxylic acids is 1. The Morgan fingerprint density at radius 3 is 2.74 bits per heavy atom. The Balaban J connectivity index is 1.77. The predicted octanol–water partition coefficient (Wildman–Crippen LogP) is 3.89. The van der Waals surface area contributed by atoms with E-state index in [9.17, 15) is 9.59 Å². The number of Topliss-reactive ketones (excluding diaryl/α,β-unsaturated/α-hetero) is 1. The normalized spacial score (nSPS) is 10.9. The summed E-state index contributed by atoms with van der Waals surface area (Å²) >= 11 is 7.64. The van der Waals surface area contributed by atoms with Crippen LogP contribution in [0.15, 0.2) is 36.5 Å². The quantitative estimate of drug-likeness (QED) is 0.686. The highest BCUT2D eigenvalue weighted by molar-refractivity contribution is 7.21. The van der Waals surface area contributed by atoms with E-state index < -0.39 is 5.97 Å². The van der Waals surface area contributed by atoms with Crippen LogP contribution in [0.1, 0.15) is 20.2 Å². The Kier molecular flexibility index (Phi) is 4.11. The van der Waals surface area contributed by atoms with Crippen molar-refractivity contribution in [2.45, 2.75) is 0 Å². The highest BCUT2D eigenvalue weighted by atomic mass is 35.5. The number of halogens is 1. The molecule has 0 amide bonds. The number of hydrogen-bond acceptors (Lipinski definition) is 4. The molecule has 3 rings (SSSR count). The summed E-state index contributed by atoms with van der Waals surface area (Å²) in [7, 11) is 1.64. The summed E-state index contributed by atoms with van der Waals surface area (Å²) < 4.78 is 2.45. The van der Waals surface area contributed by atoms with E-state index in [0.717, 1.165) is 10.1 Å². The fraction of sp³-hybridized carbons (Fsp3) is 0.125. The van der Waals surface area contributed by atoms with Crippen molar-refractivity contribution in [1.82, 2.24) is 4.57 Å². The predicted molar refractivity (Wildman–Crippen MR) is 92.0 cm³/mol. The van der Waals surface area contributed by atoms with Crippen LogP contribution in [0.4, 0.5) is 5.69 Å². The van der Waals surface area contributed by atoms with Gasteiger partial charge in [-0.3, -0.25) is 4.79 Å². The van der Waals surface area contributed by atoms with Gasteiger partial charge in [0.15, 0.2) is 5.78 Å². The van der Waals surface area contributed by atoms with Crippen molar-refractivity contribution >= 4 is 50.5 Å². The summed E-state index contributed by atoms with van der Waals surface area (Å²) in [4.78, 5) is 23.9. The number of thiophene rings is 1. The van der Waals surface area contributed by atoms with Gasteiger partial charge in [0.25, 0.3) is 0 Å². The van der Waals surface area contributed by atoms with Crippen LogP contribution in [0.5, 0.6) is 0 Å². The van der Waals surface area contributed by atoms with Gasteiger partial charge in [-0.1, -0.05) is 29.8 Å². The Morgan fingerprint density at radius 2 is 2.09 bits per heavy atom. The average Bonchev–Trinajstić information content (AvgIpc) is 3.06. The van der Waals surface area contributed by atoms with Gasteiger partial charge >= 0.3 is 5.97 Å². The number of ketones is 1. The van der Waals surface area contributed by atoms with Crippen LogP contribution in [-0.2, 0) is 7.05 Å². The summed E-state index contributed by atoms with van der Waals surface area (Å²) in [6.45, 7) is 0.0512. The molecule has 0 aliphatic rings. The molecule has 0 atom stereocenters. The van der Waals surface area contributed by atoms with Crippen LogP contribution >= 0.6 is 22.9 Å². The molecule has 23 heavy (non-hydrogen) atoms. The number of nitrogens with zero attached hydrogens (tertiary/aromatic N) is 1. The third kappa shape index (κ3) is 2.95. The van der Waals surface area contributed by atoms with E-state index in [4.69, 9.17) is 16.7 Å². The third-order valence-corrected chi connectivity index (χ3v) is 5.18. The van der Waals surface area contributed by atoms with E-state index in [1.54, 1.807) is 13.2 Å². The van der Waals surface area contributed by atoms with E-state index in [0.29, 0.717) is 15.6 Å². The highest BCUT2D eigenvalue weighted by Gasteiger charge is 2.17. The number of carbonyl (C=O) groups excluding carboxylic acids is 1. The number of carboxylic acid groups (broad SMARTS) is 1. The highest BCUT2D eigenvalue weighted by Crippen LogP contribution is 2.35. The SMILES string of the molecule is Cn1cc(NCC(=O)c2sc3ccccc3c2Cl)cc1C(=O)O. The monoisotopic (exact) mass is 348 g/mol. The maximum Gasteiger partial charge on any atom is 0.352 e. The van der Waals surface area contributed by atoms with E-state index in [2.05, 4.69) is 5.32 Å². The summed E-state index contributed by atoms with van der Waals surface area (Å²) in [5.74, 6) is -1.14. The largest absolute Gasteiger partial charge is 0.477 e. The van der Waals surface area contributed by atoms with Gasteiger partial charge in [0.1, 0.15) is 5.69 Å². The molecule has 0 fully saturated rings. The molecule has 0 aliphatic heterocycles. The summed E-state index contributed by atoms with van der Waals surface area (Å²) in [6.07, 6.45) is 1.63. The molecule has 118 valence electrons. The zero-order valence-corrected chi connectivity index (χ0v) is 13.7. The Hall–Kier alpha value is -2.31. The van der Waals surface area contributed by atoms with Crippen LogP contribution < -0.4 is 5.32 Å². The number of benzene rings is 1. The van der Waals surface area contributed by atoms with Crippen molar-refractivity contribution in [1.29, 1.82) is 0 Å². The standard InChI is InChI=1S/C16H13ClN2O3S/c1-19-8-9(6-11(19)16(21)22)18-7-12(20)15-14(17)10-4-2-3-5-13(10)23-15/h2-6,8,18H,7H2,1H3,(H,21,22). The van der Waals surface area contributed by atoms with Crippen LogP contribution in [0.3, 0.4) is 0 Å². The molecule has 0 spiro atoms. The molecule has 0 saturated carbocycles. The van der Waals surface area contributed by atoms with Gasteiger partial charge in [0.2, 0.25) is 0 Å². The molecule has 1 aromatic carbocycles. The summed E-state index contributed by atoms with van der Waals surface area (Å²) in [5, 5.41) is 13.3. The number of rotatable bonds is 5. The van der Waals surface area contributed by atoms with Gasteiger partial charge in [-0.05, 0) is 12.1 Å². The first-order valence-corrected chi connectivity index (χ1v) is 8.00. The second kappa shape index (κ2) is 6.06. The minimum atomic E-state index is -1.01. The van der Waals surface area contributed by atoms with E-state index in [1.165, 1.54) is 22.0 Å². The van der Waals surface area contributed by atoms with Gasteiger partial charge in [0.05, 0.1) is 22.1 Å². The second-order valence-electron chi connectivity index (χ2n) is 5.05. The number of aryl methyl sites for hydroxylation is 1. The smallest absolute Gasteiger partial charge is 0.352 e. The lowest BCUT2D eigenvalue weighted by atomic mass is 10.2. The molecular weight excluding hydrogens is 336 g/mol. The zero-order valence-electron chi connectivity index (χ0n) is 12.2. The Bertz CT molecular complexity index is 913. The number of hydrogen-bond donors (Lipinski definition) is 2. The van der Waals surface area contributed by atoms with Crippen molar-refractivity contribution in [3.05, 3.63) is 52.1 Å². The van der Waals surface area contributed by atoms with E-state index in [1.807, 2.05) is 24.3 Å². The van der Waals surface area contributed by atoms with Crippen LogP contribution in [0.25, 0.3) is 10.1 Å². The summed E-state index contributed by atoms with van der Waals surface area (Å²) in [6, 6.07) is 9.08. The molecule has 7 heteroatoms. The second-order valence-corrected chi connectivity index (χ2v) is 6.48. The van der Waals surface area contributed by atoms with Crippen LogP contribution in [-0.4, -0.2) is 28.0 Å². The maximum absolute atomic E-state index is 12.4. The maximum atomic E-state index is 12.4. The van der Waals surface area contributed by atoms with Crippen molar-refractivity contribution in [2.75, 3.05) is 11.9 Å². The first-order chi connectivity index (χ1) is 11.0. The van der Waals surface area contributed by atoms with Gasteiger partial charge in [0, 0.05) is 23.3 Å². The first kappa shape index (κ1) is 15.6. The third-order valence-electron chi connectivity index (χ3n) is 3.47. The molecule has 2 heterocycles. The molecule has 0 radical (unpaired) electrons.